The normalized spacial score (nSPS) is 12.6. The second kappa shape index (κ2) is 6.61. The first-order chi connectivity index (χ1) is 9.61. The average Bonchev–Trinajstić information content (AvgIpc) is 2.93. The second-order valence-electron chi connectivity index (χ2n) is 4.64. The van der Waals surface area contributed by atoms with Crippen LogP contribution in [0, 0.1) is 17.5 Å². The highest BCUT2D eigenvalue weighted by atomic mass is 19.2. The SMILES string of the molecule is CCCNC(Cc1ccoc1)c1cc(F)c(F)c(F)c1. The van der Waals surface area contributed by atoms with E-state index in [4.69, 9.17) is 4.42 Å². The molecule has 0 fully saturated rings. The third-order valence-electron chi connectivity index (χ3n) is 3.07. The molecular weight excluding hydrogens is 267 g/mol. The summed E-state index contributed by atoms with van der Waals surface area (Å²) in [5, 5.41) is 3.20. The number of benzene rings is 1. The fourth-order valence-electron chi connectivity index (χ4n) is 2.05. The molecule has 1 unspecified atom stereocenters. The Morgan fingerprint density at radius 1 is 1.20 bits per heavy atom. The molecule has 2 aromatic rings. The van der Waals surface area contributed by atoms with Crippen molar-refractivity contribution >= 4 is 0 Å². The second-order valence-corrected chi connectivity index (χ2v) is 4.64. The van der Waals surface area contributed by atoms with Gasteiger partial charge in [0, 0.05) is 6.04 Å². The van der Waals surface area contributed by atoms with Gasteiger partial charge in [-0.25, -0.2) is 13.2 Å². The van der Waals surface area contributed by atoms with E-state index in [9.17, 15) is 13.2 Å². The molecule has 0 aliphatic carbocycles. The third kappa shape index (κ3) is 3.42. The summed E-state index contributed by atoms with van der Waals surface area (Å²) in [5.74, 6) is -3.78. The van der Waals surface area contributed by atoms with Gasteiger partial charge in [-0.2, -0.15) is 0 Å². The van der Waals surface area contributed by atoms with Gasteiger partial charge in [0.15, 0.2) is 17.5 Å². The molecule has 0 aliphatic heterocycles. The van der Waals surface area contributed by atoms with Crippen molar-refractivity contribution in [2.24, 2.45) is 0 Å². The van der Waals surface area contributed by atoms with Crippen LogP contribution in [-0.4, -0.2) is 6.54 Å². The summed E-state index contributed by atoms with van der Waals surface area (Å²) in [7, 11) is 0. The Balaban J connectivity index is 2.25. The molecule has 0 bridgehead atoms. The van der Waals surface area contributed by atoms with E-state index in [0.29, 0.717) is 18.5 Å². The fraction of sp³-hybridized carbons (Fsp3) is 0.333. The van der Waals surface area contributed by atoms with Crippen molar-refractivity contribution in [3.63, 3.8) is 0 Å². The Morgan fingerprint density at radius 2 is 1.90 bits per heavy atom. The zero-order valence-electron chi connectivity index (χ0n) is 11.1. The van der Waals surface area contributed by atoms with Crippen LogP contribution >= 0.6 is 0 Å². The van der Waals surface area contributed by atoms with Gasteiger partial charge >= 0.3 is 0 Å². The van der Waals surface area contributed by atoms with Gasteiger partial charge in [-0.1, -0.05) is 6.92 Å². The molecule has 2 rings (SSSR count). The Labute approximate surface area is 115 Å². The van der Waals surface area contributed by atoms with Crippen molar-refractivity contribution in [3.05, 3.63) is 59.3 Å². The Hall–Kier alpha value is -1.75. The van der Waals surface area contributed by atoms with Crippen LogP contribution in [0.2, 0.25) is 0 Å². The Morgan fingerprint density at radius 3 is 2.45 bits per heavy atom. The van der Waals surface area contributed by atoms with Crippen LogP contribution in [0.4, 0.5) is 13.2 Å². The van der Waals surface area contributed by atoms with E-state index in [1.807, 2.05) is 6.92 Å². The van der Waals surface area contributed by atoms with Gasteiger partial charge < -0.3 is 9.73 Å². The number of nitrogens with one attached hydrogen (secondary N) is 1. The molecule has 20 heavy (non-hydrogen) atoms. The lowest BCUT2D eigenvalue weighted by molar-refractivity contribution is 0.438. The molecule has 0 aliphatic rings. The number of furan rings is 1. The topological polar surface area (TPSA) is 25.2 Å². The van der Waals surface area contributed by atoms with E-state index in [1.54, 1.807) is 12.3 Å². The number of rotatable bonds is 6. The third-order valence-corrected chi connectivity index (χ3v) is 3.07. The van der Waals surface area contributed by atoms with Gasteiger partial charge in [-0.15, -0.1) is 0 Å². The predicted octanol–water partition coefficient (Wildman–Crippen LogP) is 3.98. The maximum Gasteiger partial charge on any atom is 0.194 e. The molecule has 108 valence electrons. The molecule has 0 saturated carbocycles. The highest BCUT2D eigenvalue weighted by Crippen LogP contribution is 2.23. The lowest BCUT2D eigenvalue weighted by Crippen LogP contribution is -2.24. The number of hydrogen-bond acceptors (Lipinski definition) is 2. The van der Waals surface area contributed by atoms with E-state index in [1.165, 1.54) is 6.26 Å². The molecule has 0 radical (unpaired) electrons. The standard InChI is InChI=1S/C15H16F3NO/c1-2-4-19-14(6-10-3-5-20-9-10)11-7-12(16)15(18)13(17)8-11/h3,5,7-9,14,19H,2,4,6H2,1H3. The largest absolute Gasteiger partial charge is 0.472 e. The summed E-state index contributed by atoms with van der Waals surface area (Å²) in [6.45, 7) is 2.69. The van der Waals surface area contributed by atoms with Gasteiger partial charge in [0.2, 0.25) is 0 Å². The minimum Gasteiger partial charge on any atom is -0.472 e. The zero-order valence-corrected chi connectivity index (χ0v) is 11.1. The van der Waals surface area contributed by atoms with E-state index in [2.05, 4.69) is 5.32 Å². The number of hydrogen-bond donors (Lipinski definition) is 1. The summed E-state index contributed by atoms with van der Waals surface area (Å²) in [5.41, 5.74) is 1.29. The zero-order chi connectivity index (χ0) is 14.5. The molecule has 5 heteroatoms. The molecule has 0 spiro atoms. The van der Waals surface area contributed by atoms with Crippen molar-refractivity contribution in [1.82, 2.24) is 5.32 Å². The van der Waals surface area contributed by atoms with Crippen LogP contribution in [0.3, 0.4) is 0 Å². The Kier molecular flexibility index (Phi) is 4.84. The molecule has 1 heterocycles. The molecule has 2 nitrogen and oxygen atoms in total. The van der Waals surface area contributed by atoms with E-state index >= 15 is 0 Å². The minimum atomic E-state index is -1.44. The van der Waals surface area contributed by atoms with E-state index in [-0.39, 0.29) is 6.04 Å². The summed E-state index contributed by atoms with van der Waals surface area (Å²) < 4.78 is 44.7. The lowest BCUT2D eigenvalue weighted by atomic mass is 10.00. The first-order valence-electron chi connectivity index (χ1n) is 6.50. The quantitative estimate of drug-likeness (QED) is 0.811. The molecule has 0 amide bonds. The predicted molar refractivity (Wildman–Crippen MR) is 69.8 cm³/mol. The van der Waals surface area contributed by atoms with Gasteiger partial charge in [0.05, 0.1) is 12.5 Å². The maximum atomic E-state index is 13.3. The van der Waals surface area contributed by atoms with Crippen LogP contribution < -0.4 is 5.32 Å². The molecule has 0 saturated heterocycles. The van der Waals surface area contributed by atoms with Gasteiger partial charge in [0.25, 0.3) is 0 Å². The number of halogens is 3. The first-order valence-corrected chi connectivity index (χ1v) is 6.50. The smallest absolute Gasteiger partial charge is 0.194 e. The fourth-order valence-corrected chi connectivity index (χ4v) is 2.05. The highest BCUT2D eigenvalue weighted by molar-refractivity contribution is 5.25. The first kappa shape index (κ1) is 14.7. The average molecular weight is 283 g/mol. The van der Waals surface area contributed by atoms with Crippen LogP contribution in [0.5, 0.6) is 0 Å². The van der Waals surface area contributed by atoms with Crippen molar-refractivity contribution in [1.29, 1.82) is 0 Å². The molecule has 1 aromatic carbocycles. The van der Waals surface area contributed by atoms with Gasteiger partial charge in [0.1, 0.15) is 0 Å². The monoisotopic (exact) mass is 283 g/mol. The summed E-state index contributed by atoms with van der Waals surface area (Å²) in [6.07, 6.45) is 4.52. The van der Waals surface area contributed by atoms with Gasteiger partial charge in [-0.05, 0) is 48.7 Å². The van der Waals surface area contributed by atoms with Crippen molar-refractivity contribution in [2.75, 3.05) is 6.54 Å². The van der Waals surface area contributed by atoms with E-state index < -0.39 is 17.5 Å². The van der Waals surface area contributed by atoms with Crippen molar-refractivity contribution < 1.29 is 17.6 Å². The van der Waals surface area contributed by atoms with E-state index in [0.717, 1.165) is 24.1 Å². The summed E-state index contributed by atoms with van der Waals surface area (Å²) >= 11 is 0. The molecule has 1 aromatic heterocycles. The minimum absolute atomic E-state index is 0.294. The molecular formula is C15H16F3NO. The molecule has 1 atom stereocenters. The van der Waals surface area contributed by atoms with Crippen LogP contribution in [0.15, 0.2) is 35.1 Å². The van der Waals surface area contributed by atoms with Crippen molar-refractivity contribution in [3.8, 4) is 0 Å². The highest BCUT2D eigenvalue weighted by Gasteiger charge is 2.17. The van der Waals surface area contributed by atoms with Crippen LogP contribution in [-0.2, 0) is 6.42 Å². The lowest BCUT2D eigenvalue weighted by Gasteiger charge is -2.18. The summed E-state index contributed by atoms with van der Waals surface area (Å²) in [4.78, 5) is 0. The van der Waals surface area contributed by atoms with Crippen LogP contribution in [0.1, 0.15) is 30.5 Å². The maximum absolute atomic E-state index is 13.3. The van der Waals surface area contributed by atoms with Crippen molar-refractivity contribution in [2.45, 2.75) is 25.8 Å². The van der Waals surface area contributed by atoms with Crippen LogP contribution in [0.25, 0.3) is 0 Å². The van der Waals surface area contributed by atoms with Gasteiger partial charge in [-0.3, -0.25) is 0 Å². The molecule has 1 N–H and O–H groups in total. The Bertz CT molecular complexity index is 531. The summed E-state index contributed by atoms with van der Waals surface area (Å²) in [6, 6.07) is 3.56.